The van der Waals surface area contributed by atoms with Gasteiger partial charge in [0.05, 0.1) is 17.4 Å². The minimum Gasteiger partial charge on any atom is -0.491 e. The van der Waals surface area contributed by atoms with E-state index < -0.39 is 5.91 Å². The molecule has 0 aliphatic carbocycles. The zero-order valence-electron chi connectivity index (χ0n) is 18.8. The lowest BCUT2D eigenvalue weighted by atomic mass is 10.0. The van der Waals surface area contributed by atoms with E-state index in [4.69, 9.17) is 16.3 Å². The number of halogens is 1. The Morgan fingerprint density at radius 1 is 0.879 bits per heavy atom. The maximum atomic E-state index is 13.5. The Kier molecular flexibility index (Phi) is 6.52. The number of aryl methyl sites for hydroxylation is 1. The number of hydrogen-bond acceptors (Lipinski definition) is 4. The van der Waals surface area contributed by atoms with Crippen molar-refractivity contribution >= 4 is 40.4 Å². The first kappa shape index (κ1) is 22.6. The van der Waals surface area contributed by atoms with E-state index in [0.717, 1.165) is 17.7 Å². The van der Waals surface area contributed by atoms with Gasteiger partial charge in [0.15, 0.2) is 0 Å². The third kappa shape index (κ3) is 4.78. The van der Waals surface area contributed by atoms with Crippen molar-refractivity contribution in [2.75, 3.05) is 10.2 Å². The molecule has 0 fully saturated rings. The van der Waals surface area contributed by atoms with Gasteiger partial charge in [0.1, 0.15) is 11.4 Å². The molecule has 3 aromatic rings. The molecule has 0 unspecified atom stereocenters. The molecule has 3 aromatic carbocycles. The number of rotatable bonds is 7. The molecular weight excluding hydrogens is 436 g/mol. The second-order valence-corrected chi connectivity index (χ2v) is 8.48. The van der Waals surface area contributed by atoms with Crippen LogP contribution in [0.1, 0.15) is 31.9 Å². The van der Waals surface area contributed by atoms with Crippen molar-refractivity contribution in [1.82, 2.24) is 0 Å². The Morgan fingerprint density at radius 2 is 1.52 bits per heavy atom. The molecule has 4 rings (SSSR count). The summed E-state index contributed by atoms with van der Waals surface area (Å²) in [7, 11) is 0. The van der Waals surface area contributed by atoms with Crippen molar-refractivity contribution in [2.24, 2.45) is 0 Å². The number of carbonyl (C=O) groups excluding carboxylic acids is 2. The molecular formula is C27H25ClN2O3. The summed E-state index contributed by atoms with van der Waals surface area (Å²) in [5, 5.41) is 3.72. The highest BCUT2D eigenvalue weighted by molar-refractivity contribution is 6.46. The van der Waals surface area contributed by atoms with Gasteiger partial charge in [0.25, 0.3) is 11.8 Å². The molecule has 0 spiro atoms. The smallest absolute Gasteiger partial charge is 0.282 e. The van der Waals surface area contributed by atoms with E-state index in [1.807, 2.05) is 50.2 Å². The van der Waals surface area contributed by atoms with Crippen molar-refractivity contribution in [3.8, 4) is 5.75 Å². The van der Waals surface area contributed by atoms with Gasteiger partial charge in [-0.25, -0.2) is 4.90 Å². The lowest BCUT2D eigenvalue weighted by Crippen LogP contribution is -2.32. The summed E-state index contributed by atoms with van der Waals surface area (Å²) in [6.45, 7) is 5.97. The lowest BCUT2D eigenvalue weighted by Gasteiger charge is -2.16. The summed E-state index contributed by atoms with van der Waals surface area (Å²) in [6, 6.07) is 21.6. The second kappa shape index (κ2) is 9.51. The highest BCUT2D eigenvalue weighted by Crippen LogP contribution is 2.34. The number of nitrogens with zero attached hydrogens (tertiary/aromatic N) is 1. The fraction of sp³-hybridized carbons (Fsp3) is 0.185. The molecule has 0 saturated heterocycles. The van der Waals surface area contributed by atoms with Crippen molar-refractivity contribution < 1.29 is 14.3 Å². The van der Waals surface area contributed by atoms with Gasteiger partial charge >= 0.3 is 0 Å². The molecule has 5 nitrogen and oxygen atoms in total. The van der Waals surface area contributed by atoms with Crippen molar-refractivity contribution in [3.05, 3.63) is 94.6 Å². The van der Waals surface area contributed by atoms with Gasteiger partial charge in [0, 0.05) is 10.7 Å². The van der Waals surface area contributed by atoms with Crippen LogP contribution in [0.4, 0.5) is 11.4 Å². The number of benzene rings is 3. The first-order chi connectivity index (χ1) is 15.9. The first-order valence-electron chi connectivity index (χ1n) is 10.9. The van der Waals surface area contributed by atoms with Crippen LogP contribution >= 0.6 is 11.6 Å². The summed E-state index contributed by atoms with van der Waals surface area (Å²) in [5.74, 6) is -0.0561. The Labute approximate surface area is 198 Å². The van der Waals surface area contributed by atoms with E-state index in [2.05, 4.69) is 12.2 Å². The van der Waals surface area contributed by atoms with Crippen LogP contribution in [0.2, 0.25) is 5.02 Å². The van der Waals surface area contributed by atoms with Gasteiger partial charge in [0.2, 0.25) is 0 Å². The quantitative estimate of drug-likeness (QED) is 0.434. The van der Waals surface area contributed by atoms with Crippen molar-refractivity contribution in [1.29, 1.82) is 0 Å². The predicted molar refractivity (Wildman–Crippen MR) is 133 cm³/mol. The molecule has 0 atom stereocenters. The topological polar surface area (TPSA) is 58.6 Å². The number of nitrogens with one attached hydrogen (secondary N) is 1. The SMILES string of the molecule is CCc1ccc(N2C(=O)C(Nc3ccc(OC(C)C)cc3)=C(c3ccc(Cl)cc3)C2=O)cc1. The highest BCUT2D eigenvalue weighted by Gasteiger charge is 2.40. The molecule has 0 bridgehead atoms. The van der Waals surface area contributed by atoms with Gasteiger partial charge in [-0.1, -0.05) is 42.8 Å². The van der Waals surface area contributed by atoms with Crippen molar-refractivity contribution in [3.63, 3.8) is 0 Å². The Morgan fingerprint density at radius 3 is 2.09 bits per heavy atom. The molecule has 1 heterocycles. The van der Waals surface area contributed by atoms with Crippen LogP contribution in [0.5, 0.6) is 5.75 Å². The molecule has 0 aromatic heterocycles. The summed E-state index contributed by atoms with van der Waals surface area (Å²) in [5.41, 5.74) is 3.49. The van der Waals surface area contributed by atoms with Crippen LogP contribution in [0.3, 0.4) is 0 Å². The zero-order valence-corrected chi connectivity index (χ0v) is 19.5. The monoisotopic (exact) mass is 460 g/mol. The molecule has 168 valence electrons. The number of amides is 2. The van der Waals surface area contributed by atoms with Crippen LogP contribution in [0.25, 0.3) is 5.57 Å². The summed E-state index contributed by atoms with van der Waals surface area (Å²) >= 11 is 6.05. The zero-order chi connectivity index (χ0) is 23.5. The average Bonchev–Trinajstić information content (AvgIpc) is 3.05. The second-order valence-electron chi connectivity index (χ2n) is 8.04. The molecule has 1 aliphatic rings. The number of imide groups is 1. The molecule has 6 heteroatoms. The Hall–Kier alpha value is -3.57. The van der Waals surface area contributed by atoms with Crippen LogP contribution in [0.15, 0.2) is 78.5 Å². The standard InChI is InChI=1S/C27H25ClN2O3/c1-4-18-5-13-22(14-6-18)30-26(31)24(19-7-9-20(28)10-8-19)25(27(30)32)29-21-11-15-23(16-12-21)33-17(2)3/h5-17,29H,4H2,1-3H3. The van der Waals surface area contributed by atoms with Gasteiger partial charge in [-0.05, 0) is 79.9 Å². The fourth-order valence-corrected chi connectivity index (χ4v) is 3.80. The molecule has 1 N–H and O–H groups in total. The Balaban J connectivity index is 1.72. The number of anilines is 2. The van der Waals surface area contributed by atoms with Gasteiger partial charge in [-0.3, -0.25) is 9.59 Å². The van der Waals surface area contributed by atoms with E-state index >= 15 is 0 Å². The predicted octanol–water partition coefficient (Wildman–Crippen LogP) is 6.09. The first-order valence-corrected chi connectivity index (χ1v) is 11.3. The van der Waals surface area contributed by atoms with E-state index in [-0.39, 0.29) is 17.7 Å². The van der Waals surface area contributed by atoms with E-state index in [1.165, 1.54) is 4.90 Å². The summed E-state index contributed by atoms with van der Waals surface area (Å²) in [6.07, 6.45) is 0.935. The van der Waals surface area contributed by atoms with E-state index in [9.17, 15) is 9.59 Å². The van der Waals surface area contributed by atoms with Crippen LogP contribution in [-0.4, -0.2) is 17.9 Å². The number of carbonyl (C=O) groups is 2. The molecule has 1 aliphatic heterocycles. The van der Waals surface area contributed by atoms with Gasteiger partial charge in [-0.15, -0.1) is 0 Å². The normalized spacial score (nSPS) is 13.8. The minimum atomic E-state index is -0.406. The lowest BCUT2D eigenvalue weighted by molar-refractivity contribution is -0.120. The number of hydrogen-bond donors (Lipinski definition) is 1. The molecule has 33 heavy (non-hydrogen) atoms. The van der Waals surface area contributed by atoms with Crippen LogP contribution in [0, 0.1) is 0 Å². The third-order valence-corrected chi connectivity index (χ3v) is 5.57. The average molecular weight is 461 g/mol. The molecule has 0 radical (unpaired) electrons. The molecule has 2 amide bonds. The van der Waals surface area contributed by atoms with E-state index in [0.29, 0.717) is 27.5 Å². The third-order valence-electron chi connectivity index (χ3n) is 5.32. The maximum absolute atomic E-state index is 13.5. The Bertz CT molecular complexity index is 1200. The highest BCUT2D eigenvalue weighted by atomic mass is 35.5. The van der Waals surface area contributed by atoms with Crippen LogP contribution in [-0.2, 0) is 16.0 Å². The minimum absolute atomic E-state index is 0.0599. The number of ether oxygens (including phenoxy) is 1. The maximum Gasteiger partial charge on any atom is 0.282 e. The summed E-state index contributed by atoms with van der Waals surface area (Å²) < 4.78 is 5.69. The van der Waals surface area contributed by atoms with Gasteiger partial charge < -0.3 is 10.1 Å². The van der Waals surface area contributed by atoms with Crippen LogP contribution < -0.4 is 15.0 Å². The fourth-order valence-electron chi connectivity index (χ4n) is 3.68. The molecule has 0 saturated carbocycles. The van der Waals surface area contributed by atoms with E-state index in [1.54, 1.807) is 36.4 Å². The largest absolute Gasteiger partial charge is 0.491 e. The van der Waals surface area contributed by atoms with Crippen molar-refractivity contribution in [2.45, 2.75) is 33.3 Å². The van der Waals surface area contributed by atoms with Gasteiger partial charge in [-0.2, -0.15) is 0 Å². The summed E-state index contributed by atoms with van der Waals surface area (Å²) in [4.78, 5) is 28.2.